The van der Waals surface area contributed by atoms with Gasteiger partial charge in [-0.15, -0.1) is 0 Å². The third kappa shape index (κ3) is 3.17. The summed E-state index contributed by atoms with van der Waals surface area (Å²) in [5.74, 6) is 0.779. The van der Waals surface area contributed by atoms with E-state index in [9.17, 15) is 4.79 Å². The number of rotatable bonds is 6. The Labute approximate surface area is 139 Å². The molecule has 7 nitrogen and oxygen atoms in total. The van der Waals surface area contributed by atoms with Crippen LogP contribution in [0.5, 0.6) is 5.75 Å². The lowest BCUT2D eigenvalue weighted by molar-refractivity contribution is 0.387. The zero-order valence-corrected chi connectivity index (χ0v) is 13.7. The molecule has 0 saturated carbocycles. The van der Waals surface area contributed by atoms with E-state index < -0.39 is 0 Å². The van der Waals surface area contributed by atoms with Crippen molar-refractivity contribution in [1.29, 1.82) is 0 Å². The predicted octanol–water partition coefficient (Wildman–Crippen LogP) is 1.21. The number of benzene rings is 1. The van der Waals surface area contributed by atoms with E-state index in [1.165, 1.54) is 10.6 Å². The summed E-state index contributed by atoms with van der Waals surface area (Å²) in [5.41, 5.74) is 8.25. The van der Waals surface area contributed by atoms with Crippen LogP contribution in [0.4, 0.5) is 0 Å². The first-order chi connectivity index (χ1) is 11.6. The van der Waals surface area contributed by atoms with Crippen molar-refractivity contribution < 1.29 is 4.74 Å². The van der Waals surface area contributed by atoms with Gasteiger partial charge in [-0.25, -0.2) is 9.50 Å². The number of H-pyrrole nitrogens is 1. The van der Waals surface area contributed by atoms with Crippen molar-refractivity contribution >= 4 is 5.65 Å². The van der Waals surface area contributed by atoms with E-state index in [1.807, 2.05) is 31.2 Å². The first-order valence-corrected chi connectivity index (χ1v) is 7.78. The van der Waals surface area contributed by atoms with Gasteiger partial charge in [0.1, 0.15) is 5.75 Å². The molecule has 2 heterocycles. The van der Waals surface area contributed by atoms with Gasteiger partial charge in [0.15, 0.2) is 5.65 Å². The van der Waals surface area contributed by atoms with Gasteiger partial charge in [-0.05, 0) is 13.0 Å². The van der Waals surface area contributed by atoms with Crippen molar-refractivity contribution in [2.45, 2.75) is 25.6 Å². The zero-order chi connectivity index (χ0) is 17.1. The standard InChI is InChI=1S/C17H21N5O2/c1-11(18)17(13-5-3-4-6-14(13)24-2)19-10-12-9-16(23)22-15(21-12)7-8-20-22/h3-9,11,17,19-20H,10,18H2,1-2H3. The number of aromatic nitrogens is 3. The molecule has 0 spiro atoms. The lowest BCUT2D eigenvalue weighted by Gasteiger charge is -2.24. The second-order valence-corrected chi connectivity index (χ2v) is 5.70. The zero-order valence-electron chi connectivity index (χ0n) is 13.7. The first kappa shape index (κ1) is 16.2. The highest BCUT2D eigenvalue weighted by atomic mass is 16.5. The fourth-order valence-corrected chi connectivity index (χ4v) is 2.78. The molecule has 3 aromatic rings. The SMILES string of the molecule is COc1ccccc1C(NCc1cc(=O)n2[nH]ccc2n1)C(C)N. The number of fused-ring (bicyclic) bond motifs is 1. The van der Waals surface area contributed by atoms with Gasteiger partial charge in [0.2, 0.25) is 0 Å². The number of nitrogens with one attached hydrogen (secondary N) is 2. The van der Waals surface area contributed by atoms with E-state index in [0.29, 0.717) is 17.9 Å². The Morgan fingerprint density at radius 1 is 1.38 bits per heavy atom. The van der Waals surface area contributed by atoms with Crippen LogP contribution in [0.1, 0.15) is 24.2 Å². The first-order valence-electron chi connectivity index (χ1n) is 7.78. The molecule has 2 atom stereocenters. The summed E-state index contributed by atoms with van der Waals surface area (Å²) in [7, 11) is 1.64. The van der Waals surface area contributed by atoms with Gasteiger partial charge in [0.05, 0.1) is 18.8 Å². The number of ether oxygens (including phenoxy) is 1. The Hall–Kier alpha value is -2.64. The minimum absolute atomic E-state index is 0.118. The van der Waals surface area contributed by atoms with Gasteiger partial charge in [-0.3, -0.25) is 9.89 Å². The maximum absolute atomic E-state index is 12.0. The molecule has 0 amide bonds. The van der Waals surface area contributed by atoms with E-state index in [-0.39, 0.29) is 17.6 Å². The molecule has 0 aliphatic rings. The summed E-state index contributed by atoms with van der Waals surface area (Å²) >= 11 is 0. The average molecular weight is 327 g/mol. The summed E-state index contributed by atoms with van der Waals surface area (Å²) in [6, 6.07) is 10.8. The fraction of sp³-hybridized carbons (Fsp3) is 0.294. The molecule has 2 aromatic heterocycles. The van der Waals surface area contributed by atoms with Crippen molar-refractivity contribution in [2.24, 2.45) is 5.73 Å². The summed E-state index contributed by atoms with van der Waals surface area (Å²) in [5, 5.41) is 6.21. The smallest absolute Gasteiger partial charge is 0.272 e. The molecule has 0 saturated heterocycles. The van der Waals surface area contributed by atoms with E-state index in [2.05, 4.69) is 15.4 Å². The third-order valence-corrected chi connectivity index (χ3v) is 3.94. The van der Waals surface area contributed by atoms with Crippen molar-refractivity contribution in [3.05, 3.63) is 64.2 Å². The van der Waals surface area contributed by atoms with Crippen LogP contribution in [0, 0.1) is 0 Å². The highest BCUT2D eigenvalue weighted by Gasteiger charge is 2.19. The monoisotopic (exact) mass is 327 g/mol. The summed E-state index contributed by atoms with van der Waals surface area (Å²) < 4.78 is 6.82. The van der Waals surface area contributed by atoms with E-state index >= 15 is 0 Å². The van der Waals surface area contributed by atoms with Crippen molar-refractivity contribution in [2.75, 3.05) is 7.11 Å². The minimum atomic E-state index is -0.142. The van der Waals surface area contributed by atoms with Gasteiger partial charge >= 0.3 is 0 Å². The molecule has 7 heteroatoms. The van der Waals surface area contributed by atoms with Crippen LogP contribution in [0.25, 0.3) is 5.65 Å². The van der Waals surface area contributed by atoms with E-state index in [4.69, 9.17) is 10.5 Å². The molecule has 24 heavy (non-hydrogen) atoms. The minimum Gasteiger partial charge on any atom is -0.496 e. The predicted molar refractivity (Wildman–Crippen MR) is 92.0 cm³/mol. The lowest BCUT2D eigenvalue weighted by atomic mass is 10.00. The van der Waals surface area contributed by atoms with Gasteiger partial charge < -0.3 is 15.8 Å². The number of para-hydroxylation sites is 1. The molecule has 0 aliphatic carbocycles. The van der Waals surface area contributed by atoms with Crippen LogP contribution >= 0.6 is 0 Å². The maximum Gasteiger partial charge on any atom is 0.272 e. The Morgan fingerprint density at radius 2 is 2.17 bits per heavy atom. The molecule has 3 rings (SSSR count). The third-order valence-electron chi connectivity index (χ3n) is 3.94. The van der Waals surface area contributed by atoms with Crippen molar-refractivity contribution in [3.8, 4) is 5.75 Å². The molecule has 0 bridgehead atoms. The number of aromatic amines is 1. The molecule has 1 aromatic carbocycles. The van der Waals surface area contributed by atoms with Crippen molar-refractivity contribution in [3.63, 3.8) is 0 Å². The largest absolute Gasteiger partial charge is 0.496 e. The number of hydrogen-bond acceptors (Lipinski definition) is 5. The second kappa shape index (κ2) is 6.86. The van der Waals surface area contributed by atoms with Crippen LogP contribution in [0.15, 0.2) is 47.4 Å². The van der Waals surface area contributed by atoms with Gasteiger partial charge in [-0.1, -0.05) is 18.2 Å². The normalized spacial score (nSPS) is 13.8. The van der Waals surface area contributed by atoms with Crippen LogP contribution in [-0.2, 0) is 6.54 Å². The molecule has 0 radical (unpaired) electrons. The summed E-state index contributed by atoms with van der Waals surface area (Å²) in [6.45, 7) is 2.36. The highest BCUT2D eigenvalue weighted by molar-refractivity contribution is 5.38. The Bertz CT molecular complexity index is 884. The molecule has 126 valence electrons. The van der Waals surface area contributed by atoms with E-state index in [1.54, 1.807) is 19.4 Å². The van der Waals surface area contributed by atoms with Crippen LogP contribution in [0.2, 0.25) is 0 Å². The quantitative estimate of drug-likeness (QED) is 0.632. The average Bonchev–Trinajstić information content (AvgIpc) is 3.04. The highest BCUT2D eigenvalue weighted by Crippen LogP contribution is 2.26. The number of hydrogen-bond donors (Lipinski definition) is 3. The number of nitrogens with two attached hydrogens (primary N) is 1. The van der Waals surface area contributed by atoms with Crippen LogP contribution in [0.3, 0.4) is 0 Å². The summed E-state index contributed by atoms with van der Waals surface area (Å²) in [6.07, 6.45) is 1.68. The molecule has 4 N–H and O–H groups in total. The van der Waals surface area contributed by atoms with E-state index in [0.717, 1.165) is 11.3 Å². The van der Waals surface area contributed by atoms with Gasteiger partial charge in [0, 0.05) is 36.5 Å². The lowest BCUT2D eigenvalue weighted by Crippen LogP contribution is -2.36. The van der Waals surface area contributed by atoms with Gasteiger partial charge in [-0.2, -0.15) is 0 Å². The van der Waals surface area contributed by atoms with Gasteiger partial charge in [0.25, 0.3) is 5.56 Å². The van der Waals surface area contributed by atoms with Crippen molar-refractivity contribution in [1.82, 2.24) is 19.9 Å². The fourth-order valence-electron chi connectivity index (χ4n) is 2.78. The van der Waals surface area contributed by atoms with Crippen LogP contribution < -0.4 is 21.3 Å². The second-order valence-electron chi connectivity index (χ2n) is 5.70. The molecule has 2 unspecified atom stereocenters. The Morgan fingerprint density at radius 3 is 2.92 bits per heavy atom. The number of nitrogens with zero attached hydrogens (tertiary/aromatic N) is 2. The molecular formula is C17H21N5O2. The molecule has 0 aliphatic heterocycles. The summed E-state index contributed by atoms with van der Waals surface area (Å²) in [4.78, 5) is 16.5. The Balaban J connectivity index is 1.84. The van der Waals surface area contributed by atoms with Crippen LogP contribution in [-0.4, -0.2) is 27.7 Å². The molecule has 0 fully saturated rings. The Kier molecular flexibility index (Phi) is 4.64. The molecular weight excluding hydrogens is 306 g/mol. The number of methoxy groups -OCH3 is 1. The maximum atomic E-state index is 12.0. The topological polar surface area (TPSA) is 97.4 Å².